The lowest BCUT2D eigenvalue weighted by molar-refractivity contribution is -0.117. The smallest absolute Gasteiger partial charge is 0.263 e. The Bertz CT molecular complexity index is 749. The summed E-state index contributed by atoms with van der Waals surface area (Å²) in [7, 11) is 0. The molecule has 0 atom stereocenters. The second-order valence-corrected chi connectivity index (χ2v) is 5.39. The maximum Gasteiger partial charge on any atom is 0.263 e. The van der Waals surface area contributed by atoms with Gasteiger partial charge in [0.1, 0.15) is 11.6 Å². The largest absolute Gasteiger partial charge is 0.360 e. The number of benzene rings is 1. The van der Waals surface area contributed by atoms with Gasteiger partial charge in [-0.1, -0.05) is 29.3 Å². The lowest BCUT2D eigenvalue weighted by atomic mass is 10.2. The summed E-state index contributed by atoms with van der Waals surface area (Å²) in [6.45, 7) is 0.286. The van der Waals surface area contributed by atoms with Gasteiger partial charge in [-0.25, -0.2) is 0 Å². The van der Waals surface area contributed by atoms with Crippen LogP contribution < -0.4 is 10.6 Å². The third kappa shape index (κ3) is 5.29. The second-order valence-electron chi connectivity index (χ2n) is 4.52. The van der Waals surface area contributed by atoms with Gasteiger partial charge in [0.05, 0.1) is 0 Å². The number of carbonyl (C=O) groups excluding carboxylic acids is 1. The van der Waals surface area contributed by atoms with Crippen LogP contribution in [0.3, 0.4) is 0 Å². The number of pyridine rings is 1. The van der Waals surface area contributed by atoms with E-state index in [1.54, 1.807) is 36.7 Å². The van der Waals surface area contributed by atoms with Crippen LogP contribution >= 0.6 is 23.2 Å². The maximum atomic E-state index is 12.0. The van der Waals surface area contributed by atoms with Crippen LogP contribution in [0.4, 0.5) is 5.69 Å². The predicted octanol–water partition coefficient (Wildman–Crippen LogP) is 3.52. The monoisotopic (exact) mass is 346 g/mol. The van der Waals surface area contributed by atoms with Gasteiger partial charge >= 0.3 is 0 Å². The first kappa shape index (κ1) is 16.8. The fourth-order valence-electron chi connectivity index (χ4n) is 1.72. The first-order valence-corrected chi connectivity index (χ1v) is 7.34. The Morgan fingerprint density at radius 3 is 2.65 bits per heavy atom. The summed E-state index contributed by atoms with van der Waals surface area (Å²) in [6, 6.07) is 10.3. The highest BCUT2D eigenvalue weighted by atomic mass is 35.5. The number of hydrogen-bond acceptors (Lipinski definition) is 4. The standard InChI is InChI=1S/C16H12Cl2N4O/c17-13-4-14(18)6-15(5-13)21-10-12(7-19)16(23)22-9-11-2-1-3-20-8-11/h1-6,8,10,21H,9H2,(H,22,23)/b12-10-. The van der Waals surface area contributed by atoms with Crippen molar-refractivity contribution >= 4 is 34.8 Å². The number of nitriles is 1. The van der Waals surface area contributed by atoms with Crippen LogP contribution in [-0.2, 0) is 11.3 Å². The number of nitrogens with one attached hydrogen (secondary N) is 2. The number of halogens is 2. The fourth-order valence-corrected chi connectivity index (χ4v) is 2.25. The van der Waals surface area contributed by atoms with E-state index in [0.717, 1.165) is 5.56 Å². The normalized spacial score (nSPS) is 10.7. The summed E-state index contributed by atoms with van der Waals surface area (Å²) in [5.74, 6) is -0.489. The molecule has 5 nitrogen and oxygen atoms in total. The van der Waals surface area contributed by atoms with Crippen molar-refractivity contribution in [2.24, 2.45) is 0 Å². The lowest BCUT2D eigenvalue weighted by Crippen LogP contribution is -2.24. The SMILES string of the molecule is N#C/C(=C/Nc1cc(Cl)cc(Cl)c1)C(=O)NCc1cccnc1. The van der Waals surface area contributed by atoms with E-state index in [-0.39, 0.29) is 12.1 Å². The van der Waals surface area contributed by atoms with Crippen LogP contribution in [0.1, 0.15) is 5.56 Å². The van der Waals surface area contributed by atoms with Gasteiger partial charge in [0.2, 0.25) is 0 Å². The molecule has 0 saturated heterocycles. The quantitative estimate of drug-likeness (QED) is 0.641. The van der Waals surface area contributed by atoms with Crippen LogP contribution in [-0.4, -0.2) is 10.9 Å². The molecule has 0 radical (unpaired) electrons. The molecule has 0 aliphatic rings. The van der Waals surface area contributed by atoms with Crippen molar-refractivity contribution in [3.63, 3.8) is 0 Å². The Morgan fingerprint density at radius 1 is 1.30 bits per heavy atom. The van der Waals surface area contributed by atoms with Gasteiger partial charge in [-0.15, -0.1) is 0 Å². The molecule has 116 valence electrons. The summed E-state index contributed by atoms with van der Waals surface area (Å²) in [5, 5.41) is 15.5. The van der Waals surface area contributed by atoms with E-state index in [2.05, 4.69) is 15.6 Å². The minimum atomic E-state index is -0.489. The summed E-state index contributed by atoms with van der Waals surface area (Å²) in [4.78, 5) is 15.9. The van der Waals surface area contributed by atoms with Crippen molar-refractivity contribution in [2.45, 2.75) is 6.54 Å². The molecule has 2 aromatic rings. The van der Waals surface area contributed by atoms with Crippen molar-refractivity contribution in [1.82, 2.24) is 10.3 Å². The Hall–Kier alpha value is -2.55. The molecule has 0 saturated carbocycles. The van der Waals surface area contributed by atoms with Crippen molar-refractivity contribution in [2.75, 3.05) is 5.32 Å². The molecule has 1 amide bonds. The average Bonchev–Trinajstić information content (AvgIpc) is 2.53. The van der Waals surface area contributed by atoms with E-state index in [9.17, 15) is 4.79 Å². The van der Waals surface area contributed by atoms with Gasteiger partial charge in [-0.2, -0.15) is 5.26 Å². The molecule has 0 spiro atoms. The van der Waals surface area contributed by atoms with Gasteiger partial charge in [-0.05, 0) is 29.8 Å². The van der Waals surface area contributed by atoms with Crippen molar-refractivity contribution < 1.29 is 4.79 Å². The highest BCUT2D eigenvalue weighted by Crippen LogP contribution is 2.22. The van der Waals surface area contributed by atoms with E-state index in [1.165, 1.54) is 6.20 Å². The summed E-state index contributed by atoms with van der Waals surface area (Å²) in [6.07, 6.45) is 4.59. The molecule has 23 heavy (non-hydrogen) atoms. The number of rotatable bonds is 5. The molecule has 1 aromatic carbocycles. The fraction of sp³-hybridized carbons (Fsp3) is 0.0625. The third-order valence-electron chi connectivity index (χ3n) is 2.79. The number of nitrogens with zero attached hydrogens (tertiary/aromatic N) is 2. The number of hydrogen-bond donors (Lipinski definition) is 2. The third-order valence-corrected chi connectivity index (χ3v) is 3.22. The Kier molecular flexibility index (Phi) is 5.98. The van der Waals surface area contributed by atoms with E-state index in [0.29, 0.717) is 15.7 Å². The minimum Gasteiger partial charge on any atom is -0.360 e. The summed E-state index contributed by atoms with van der Waals surface area (Å²) >= 11 is 11.8. The Morgan fingerprint density at radius 2 is 2.04 bits per heavy atom. The lowest BCUT2D eigenvalue weighted by Gasteiger charge is -2.06. The highest BCUT2D eigenvalue weighted by Gasteiger charge is 2.08. The van der Waals surface area contributed by atoms with Crippen LogP contribution in [0.15, 0.2) is 54.5 Å². The van der Waals surface area contributed by atoms with Gasteiger partial charge in [0.25, 0.3) is 5.91 Å². The first-order chi connectivity index (χ1) is 11.1. The van der Waals surface area contributed by atoms with E-state index in [4.69, 9.17) is 28.5 Å². The number of aromatic nitrogens is 1. The number of amides is 1. The number of anilines is 1. The van der Waals surface area contributed by atoms with Crippen LogP contribution in [0.25, 0.3) is 0 Å². The summed E-state index contributed by atoms with van der Waals surface area (Å²) < 4.78 is 0. The van der Waals surface area contributed by atoms with Crippen LogP contribution in [0.2, 0.25) is 10.0 Å². The molecule has 2 rings (SSSR count). The maximum absolute atomic E-state index is 12.0. The predicted molar refractivity (Wildman–Crippen MR) is 89.9 cm³/mol. The Labute approximate surface area is 143 Å². The molecular weight excluding hydrogens is 335 g/mol. The molecule has 2 N–H and O–H groups in total. The molecule has 1 aromatic heterocycles. The van der Waals surface area contributed by atoms with Gasteiger partial charge in [0.15, 0.2) is 0 Å². The van der Waals surface area contributed by atoms with E-state index in [1.807, 2.05) is 12.1 Å². The first-order valence-electron chi connectivity index (χ1n) is 6.58. The second kappa shape index (κ2) is 8.18. The van der Waals surface area contributed by atoms with Gasteiger partial charge in [0, 0.05) is 40.9 Å². The van der Waals surface area contributed by atoms with Crippen molar-refractivity contribution in [3.8, 4) is 6.07 Å². The Balaban J connectivity index is 2.00. The van der Waals surface area contributed by atoms with Gasteiger partial charge < -0.3 is 10.6 Å². The zero-order valence-corrected chi connectivity index (χ0v) is 13.4. The molecule has 7 heteroatoms. The van der Waals surface area contributed by atoms with Gasteiger partial charge in [-0.3, -0.25) is 9.78 Å². The molecular formula is C16H12Cl2N4O. The molecule has 0 aliphatic heterocycles. The van der Waals surface area contributed by atoms with Crippen molar-refractivity contribution in [3.05, 3.63) is 70.1 Å². The van der Waals surface area contributed by atoms with E-state index >= 15 is 0 Å². The molecule has 1 heterocycles. The zero-order valence-electron chi connectivity index (χ0n) is 11.9. The molecule has 0 fully saturated rings. The van der Waals surface area contributed by atoms with Crippen LogP contribution in [0.5, 0.6) is 0 Å². The van der Waals surface area contributed by atoms with Crippen LogP contribution in [0, 0.1) is 11.3 Å². The highest BCUT2D eigenvalue weighted by molar-refractivity contribution is 6.35. The molecule has 0 bridgehead atoms. The average molecular weight is 347 g/mol. The molecule has 0 aliphatic carbocycles. The van der Waals surface area contributed by atoms with E-state index < -0.39 is 5.91 Å². The number of carbonyl (C=O) groups is 1. The zero-order chi connectivity index (χ0) is 16.7. The van der Waals surface area contributed by atoms with Crippen molar-refractivity contribution in [1.29, 1.82) is 5.26 Å². The topological polar surface area (TPSA) is 77.8 Å². The summed E-state index contributed by atoms with van der Waals surface area (Å²) in [5.41, 5.74) is 1.35. The minimum absolute atomic E-state index is 0.0648. The molecule has 0 unspecified atom stereocenters.